The highest BCUT2D eigenvalue weighted by Crippen LogP contribution is 2.33. The summed E-state index contributed by atoms with van der Waals surface area (Å²) in [5.74, 6) is 0. The SMILES string of the molecule is C=[P+](C)C1OCC2OCCC(O)C2O1. The third-order valence-corrected chi connectivity index (χ3v) is 3.52. The van der Waals surface area contributed by atoms with Gasteiger partial charge in [-0.3, -0.25) is 0 Å². The van der Waals surface area contributed by atoms with Crippen LogP contribution in [0.15, 0.2) is 0 Å². The van der Waals surface area contributed by atoms with Crippen LogP contribution < -0.4 is 0 Å². The molecule has 5 heteroatoms. The van der Waals surface area contributed by atoms with E-state index in [0.717, 1.165) is 0 Å². The molecule has 0 radical (unpaired) electrons. The summed E-state index contributed by atoms with van der Waals surface area (Å²) < 4.78 is 16.6. The first-order valence-electron chi connectivity index (χ1n) is 4.78. The zero-order valence-corrected chi connectivity index (χ0v) is 9.15. The van der Waals surface area contributed by atoms with E-state index in [1.54, 1.807) is 0 Å². The van der Waals surface area contributed by atoms with E-state index in [4.69, 9.17) is 14.2 Å². The van der Waals surface area contributed by atoms with Crippen molar-refractivity contribution in [3.63, 3.8) is 0 Å². The fraction of sp³-hybridized carbons (Fsp3) is 0.889. The molecule has 0 aromatic rings. The van der Waals surface area contributed by atoms with Crippen molar-refractivity contribution in [1.82, 2.24) is 0 Å². The minimum atomic E-state index is -0.531. The van der Waals surface area contributed by atoms with Gasteiger partial charge in [0.25, 0.3) is 0 Å². The lowest BCUT2D eigenvalue weighted by atomic mass is 10.0. The molecule has 2 heterocycles. The largest absolute Gasteiger partial charge is 0.390 e. The quantitative estimate of drug-likeness (QED) is 0.648. The van der Waals surface area contributed by atoms with Gasteiger partial charge in [0.05, 0.1) is 19.0 Å². The van der Waals surface area contributed by atoms with Crippen molar-refractivity contribution in [3.8, 4) is 0 Å². The number of aliphatic hydroxyl groups is 1. The maximum absolute atomic E-state index is 9.73. The molecule has 0 aromatic heterocycles. The maximum atomic E-state index is 9.73. The fourth-order valence-electron chi connectivity index (χ4n) is 1.75. The molecule has 0 bridgehead atoms. The molecule has 0 amide bonds. The van der Waals surface area contributed by atoms with E-state index in [1.807, 2.05) is 6.66 Å². The molecule has 1 N–H and O–H groups in total. The van der Waals surface area contributed by atoms with E-state index in [-0.39, 0.29) is 18.2 Å². The van der Waals surface area contributed by atoms with Crippen LogP contribution >= 0.6 is 7.55 Å². The Balaban J connectivity index is 2.01. The zero-order chi connectivity index (χ0) is 10.1. The highest BCUT2D eigenvalue weighted by atomic mass is 31.1. The molecule has 2 saturated heterocycles. The minimum absolute atomic E-state index is 0.107. The summed E-state index contributed by atoms with van der Waals surface area (Å²) in [6.07, 6.45) is 3.81. The second-order valence-corrected chi connectivity index (χ2v) is 5.70. The maximum Gasteiger partial charge on any atom is 0.324 e. The van der Waals surface area contributed by atoms with Crippen molar-refractivity contribution in [2.45, 2.75) is 30.8 Å². The van der Waals surface area contributed by atoms with Crippen molar-refractivity contribution in [2.24, 2.45) is 0 Å². The highest BCUT2D eigenvalue weighted by molar-refractivity contribution is 7.55. The van der Waals surface area contributed by atoms with Crippen LogP contribution in [0.25, 0.3) is 0 Å². The van der Waals surface area contributed by atoms with Gasteiger partial charge in [0.2, 0.25) is 0 Å². The van der Waals surface area contributed by atoms with E-state index < -0.39 is 13.6 Å². The number of hydrogen-bond donors (Lipinski definition) is 1. The monoisotopic (exact) mass is 219 g/mol. The molecule has 5 atom stereocenters. The highest BCUT2D eigenvalue weighted by Gasteiger charge is 2.42. The van der Waals surface area contributed by atoms with Gasteiger partial charge in [-0.1, -0.05) is 0 Å². The standard InChI is InChI=1S/C9H16O4P/c1-14(2)9-12-5-7-8(13-9)6(10)3-4-11-7/h6-10H,1,3-5H2,2H3/q+1. The molecule has 14 heavy (non-hydrogen) atoms. The Morgan fingerprint density at radius 1 is 1.43 bits per heavy atom. The number of rotatable bonds is 1. The van der Waals surface area contributed by atoms with E-state index in [2.05, 4.69) is 6.30 Å². The molecule has 80 valence electrons. The zero-order valence-electron chi connectivity index (χ0n) is 8.26. The number of fused-ring (bicyclic) bond motifs is 1. The molecule has 0 aromatic carbocycles. The molecule has 2 aliphatic rings. The summed E-state index contributed by atoms with van der Waals surface area (Å²) in [6, 6.07) is -0.248. The fourth-order valence-corrected chi connectivity index (χ4v) is 2.44. The Morgan fingerprint density at radius 3 is 2.93 bits per heavy atom. The van der Waals surface area contributed by atoms with Gasteiger partial charge in [0.15, 0.2) is 0 Å². The van der Waals surface area contributed by atoms with Gasteiger partial charge in [-0.05, 0) is 6.42 Å². The first kappa shape index (κ1) is 10.5. The summed E-state index contributed by atoms with van der Waals surface area (Å²) >= 11 is 0. The second-order valence-electron chi connectivity index (χ2n) is 3.76. The second kappa shape index (κ2) is 4.25. The Morgan fingerprint density at radius 2 is 2.21 bits per heavy atom. The van der Waals surface area contributed by atoms with Crippen LogP contribution in [0.2, 0.25) is 0 Å². The molecular weight excluding hydrogens is 203 g/mol. The summed E-state index contributed by atoms with van der Waals surface area (Å²) in [7, 11) is -0.531. The van der Waals surface area contributed by atoms with E-state index in [0.29, 0.717) is 19.6 Å². The molecule has 2 rings (SSSR count). The van der Waals surface area contributed by atoms with E-state index in [9.17, 15) is 5.11 Å². The van der Waals surface area contributed by atoms with E-state index >= 15 is 0 Å². The number of aliphatic hydroxyl groups excluding tert-OH is 1. The van der Waals surface area contributed by atoms with Crippen LogP contribution in [0.3, 0.4) is 0 Å². The molecule has 2 fully saturated rings. The van der Waals surface area contributed by atoms with Gasteiger partial charge in [-0.15, -0.1) is 0 Å². The van der Waals surface area contributed by atoms with Gasteiger partial charge in [-0.2, -0.15) is 0 Å². The summed E-state index contributed by atoms with van der Waals surface area (Å²) in [5.41, 5.74) is 0. The molecule has 5 unspecified atom stereocenters. The van der Waals surface area contributed by atoms with Gasteiger partial charge >= 0.3 is 6.03 Å². The number of ether oxygens (including phenoxy) is 3. The van der Waals surface area contributed by atoms with Crippen LogP contribution in [0.4, 0.5) is 0 Å². The summed E-state index contributed by atoms with van der Waals surface area (Å²) in [6.45, 7) is 3.09. The van der Waals surface area contributed by atoms with Crippen molar-refractivity contribution >= 4 is 13.8 Å². The van der Waals surface area contributed by atoms with Crippen LogP contribution in [-0.4, -0.2) is 55.6 Å². The van der Waals surface area contributed by atoms with Gasteiger partial charge < -0.3 is 19.3 Å². The Bertz CT molecular complexity index is 233. The Labute approximate surface area is 84.5 Å². The van der Waals surface area contributed by atoms with Crippen LogP contribution in [0.1, 0.15) is 6.42 Å². The Kier molecular flexibility index (Phi) is 3.20. The summed E-state index contributed by atoms with van der Waals surface area (Å²) in [5, 5.41) is 9.73. The average Bonchev–Trinajstić information content (AvgIpc) is 2.18. The van der Waals surface area contributed by atoms with Crippen LogP contribution in [0.5, 0.6) is 0 Å². The summed E-state index contributed by atoms with van der Waals surface area (Å²) in [4.78, 5) is 0. The Hall–Kier alpha value is 0.01000. The van der Waals surface area contributed by atoms with Crippen molar-refractivity contribution in [2.75, 3.05) is 19.9 Å². The smallest absolute Gasteiger partial charge is 0.324 e. The minimum Gasteiger partial charge on any atom is -0.390 e. The number of hydrogen-bond acceptors (Lipinski definition) is 4. The van der Waals surface area contributed by atoms with Gasteiger partial charge in [0, 0.05) is 6.61 Å². The third kappa shape index (κ3) is 2.00. The van der Waals surface area contributed by atoms with Crippen molar-refractivity contribution in [1.29, 1.82) is 0 Å². The molecule has 4 nitrogen and oxygen atoms in total. The predicted molar refractivity (Wildman–Crippen MR) is 54.9 cm³/mol. The topological polar surface area (TPSA) is 47.9 Å². The molecule has 2 aliphatic heterocycles. The van der Waals surface area contributed by atoms with E-state index in [1.165, 1.54) is 0 Å². The third-order valence-electron chi connectivity index (χ3n) is 2.53. The molecule has 0 spiro atoms. The van der Waals surface area contributed by atoms with Gasteiger partial charge in [-0.25, -0.2) is 0 Å². The lowest BCUT2D eigenvalue weighted by Gasteiger charge is -2.39. The van der Waals surface area contributed by atoms with Gasteiger partial charge in [0.1, 0.15) is 26.4 Å². The van der Waals surface area contributed by atoms with Crippen LogP contribution in [-0.2, 0) is 14.2 Å². The normalized spacial score (nSPS) is 44.3. The molecular formula is C9H16O4P+. The van der Waals surface area contributed by atoms with Crippen LogP contribution in [0, 0.1) is 0 Å². The first-order chi connectivity index (χ1) is 6.68. The lowest BCUT2D eigenvalue weighted by Crippen LogP contribution is -2.53. The van der Waals surface area contributed by atoms with Crippen molar-refractivity contribution in [3.05, 3.63) is 0 Å². The van der Waals surface area contributed by atoms with Crippen molar-refractivity contribution < 1.29 is 19.3 Å². The first-order valence-corrected chi connectivity index (χ1v) is 6.83. The molecule has 0 saturated carbocycles. The lowest BCUT2D eigenvalue weighted by molar-refractivity contribution is -0.267. The molecule has 0 aliphatic carbocycles. The predicted octanol–water partition coefficient (Wildman–Crippen LogP) is 0.379. The average molecular weight is 219 g/mol.